The van der Waals surface area contributed by atoms with E-state index in [1.54, 1.807) is 0 Å². The Hall–Kier alpha value is -1.65. The van der Waals surface area contributed by atoms with Gasteiger partial charge >= 0.3 is 5.97 Å². The van der Waals surface area contributed by atoms with Gasteiger partial charge in [-0.25, -0.2) is 0 Å². The summed E-state index contributed by atoms with van der Waals surface area (Å²) < 4.78 is 6.41. The third-order valence-corrected chi connectivity index (χ3v) is 3.91. The second-order valence-electron chi connectivity index (χ2n) is 5.74. The van der Waals surface area contributed by atoms with Gasteiger partial charge in [-0.05, 0) is 43.5 Å². The van der Waals surface area contributed by atoms with Crippen molar-refractivity contribution in [3.63, 3.8) is 0 Å². The minimum Gasteiger partial charge on any atom is -0.462 e. The van der Waals surface area contributed by atoms with Crippen molar-refractivity contribution in [2.45, 2.75) is 39.0 Å². The molecule has 2 aromatic rings. The van der Waals surface area contributed by atoms with Crippen LogP contribution in [-0.2, 0) is 22.5 Å². The van der Waals surface area contributed by atoms with Gasteiger partial charge in [0.05, 0.1) is 6.10 Å². The molecule has 0 radical (unpaired) electrons. The molecule has 0 aliphatic heterocycles. The highest BCUT2D eigenvalue weighted by Gasteiger charge is 2.21. The first-order valence-electron chi connectivity index (χ1n) is 7.77. The molecule has 1 atom stereocenters. The van der Waals surface area contributed by atoms with E-state index in [4.69, 9.17) is 4.74 Å². The van der Waals surface area contributed by atoms with Gasteiger partial charge < -0.3 is 10.1 Å². The van der Waals surface area contributed by atoms with Crippen molar-refractivity contribution >= 4 is 21.9 Å². The van der Waals surface area contributed by atoms with Crippen LogP contribution in [-0.4, -0.2) is 18.1 Å². The topological polar surface area (TPSA) is 38.3 Å². The highest BCUT2D eigenvalue weighted by Crippen LogP contribution is 2.13. The maximum Gasteiger partial charge on any atom is 0.323 e. The molecule has 4 heteroatoms. The predicted molar refractivity (Wildman–Crippen MR) is 96.1 cm³/mol. The number of rotatable bonds is 7. The summed E-state index contributed by atoms with van der Waals surface area (Å²) in [6.45, 7) is 4.37. The zero-order valence-corrected chi connectivity index (χ0v) is 15.0. The van der Waals surface area contributed by atoms with Gasteiger partial charge in [0.25, 0.3) is 0 Å². The van der Waals surface area contributed by atoms with Crippen LogP contribution >= 0.6 is 15.9 Å². The van der Waals surface area contributed by atoms with Crippen LogP contribution in [0.1, 0.15) is 25.0 Å². The number of hydrogen-bond donors (Lipinski definition) is 1. The van der Waals surface area contributed by atoms with Crippen molar-refractivity contribution in [2.75, 3.05) is 0 Å². The molecule has 23 heavy (non-hydrogen) atoms. The van der Waals surface area contributed by atoms with Crippen LogP contribution in [0.15, 0.2) is 59.1 Å². The number of esters is 1. The van der Waals surface area contributed by atoms with Gasteiger partial charge in [0.2, 0.25) is 0 Å². The smallest absolute Gasteiger partial charge is 0.323 e. The third kappa shape index (κ3) is 6.16. The van der Waals surface area contributed by atoms with Crippen LogP contribution in [0.4, 0.5) is 0 Å². The monoisotopic (exact) mass is 375 g/mol. The Morgan fingerprint density at radius 2 is 1.70 bits per heavy atom. The fourth-order valence-electron chi connectivity index (χ4n) is 2.25. The molecule has 0 aliphatic rings. The highest BCUT2D eigenvalue weighted by atomic mass is 79.9. The fraction of sp³-hybridized carbons (Fsp3) is 0.316. The quantitative estimate of drug-likeness (QED) is 0.740. The van der Waals surface area contributed by atoms with Gasteiger partial charge in [-0.3, -0.25) is 4.79 Å². The number of carbonyl (C=O) groups excluding carboxylic acids is 1. The summed E-state index contributed by atoms with van der Waals surface area (Å²) in [6, 6.07) is 17.7. The average Bonchev–Trinajstić information content (AvgIpc) is 2.53. The summed E-state index contributed by atoms with van der Waals surface area (Å²) in [4.78, 5) is 12.4. The molecule has 0 spiro atoms. The molecule has 122 valence electrons. The van der Waals surface area contributed by atoms with Crippen LogP contribution < -0.4 is 5.32 Å². The van der Waals surface area contributed by atoms with E-state index in [0.717, 1.165) is 15.6 Å². The molecule has 0 aromatic heterocycles. The number of nitrogens with one attached hydrogen (secondary N) is 1. The Balaban J connectivity index is 2.04. The second kappa shape index (κ2) is 8.85. The van der Waals surface area contributed by atoms with E-state index in [2.05, 4.69) is 21.2 Å². The number of benzene rings is 2. The fourth-order valence-corrected chi connectivity index (χ4v) is 2.51. The summed E-state index contributed by atoms with van der Waals surface area (Å²) >= 11 is 3.43. The SMILES string of the molecule is CC(C)OC(=O)C(Cc1ccc(Br)cc1)NCc1ccccc1. The summed E-state index contributed by atoms with van der Waals surface area (Å²) in [7, 11) is 0. The number of carbonyl (C=O) groups is 1. The molecular weight excluding hydrogens is 354 g/mol. The van der Waals surface area contributed by atoms with Gasteiger partial charge in [-0.2, -0.15) is 0 Å². The zero-order valence-electron chi connectivity index (χ0n) is 13.5. The molecule has 1 unspecified atom stereocenters. The lowest BCUT2D eigenvalue weighted by atomic mass is 10.1. The predicted octanol–water partition coefficient (Wildman–Crippen LogP) is 4.10. The molecule has 0 aliphatic carbocycles. The lowest BCUT2D eigenvalue weighted by Gasteiger charge is -2.19. The molecular formula is C19H22BrNO2. The van der Waals surface area contributed by atoms with Crippen molar-refractivity contribution in [3.8, 4) is 0 Å². The normalized spacial score (nSPS) is 12.2. The second-order valence-corrected chi connectivity index (χ2v) is 6.65. The van der Waals surface area contributed by atoms with Crippen molar-refractivity contribution in [1.82, 2.24) is 5.32 Å². The third-order valence-electron chi connectivity index (χ3n) is 3.38. The Bertz CT molecular complexity index is 611. The maximum atomic E-state index is 12.4. The summed E-state index contributed by atoms with van der Waals surface area (Å²) in [5.74, 6) is -0.209. The van der Waals surface area contributed by atoms with Crippen LogP contribution in [0.3, 0.4) is 0 Å². The molecule has 2 rings (SSSR count). The molecule has 0 amide bonds. The van der Waals surface area contributed by atoms with E-state index >= 15 is 0 Å². The Morgan fingerprint density at radius 1 is 1.04 bits per heavy atom. The van der Waals surface area contributed by atoms with E-state index in [-0.39, 0.29) is 18.1 Å². The van der Waals surface area contributed by atoms with Crippen molar-refractivity contribution in [2.24, 2.45) is 0 Å². The van der Waals surface area contributed by atoms with Gasteiger partial charge in [0.15, 0.2) is 0 Å². The lowest BCUT2D eigenvalue weighted by Crippen LogP contribution is -2.40. The van der Waals surface area contributed by atoms with Crippen molar-refractivity contribution in [3.05, 3.63) is 70.2 Å². The van der Waals surface area contributed by atoms with Crippen molar-refractivity contribution in [1.29, 1.82) is 0 Å². The summed E-state index contributed by atoms with van der Waals surface area (Å²) in [5, 5.41) is 3.32. The molecule has 0 fully saturated rings. The zero-order chi connectivity index (χ0) is 16.7. The van der Waals surface area contributed by atoms with Gasteiger partial charge in [-0.15, -0.1) is 0 Å². The van der Waals surface area contributed by atoms with Crippen molar-refractivity contribution < 1.29 is 9.53 Å². The molecule has 2 aromatic carbocycles. The van der Waals surface area contributed by atoms with E-state index < -0.39 is 0 Å². The van der Waals surface area contributed by atoms with E-state index in [0.29, 0.717) is 13.0 Å². The molecule has 0 saturated heterocycles. The van der Waals surface area contributed by atoms with Crippen LogP contribution in [0.5, 0.6) is 0 Å². The average molecular weight is 376 g/mol. The standard InChI is InChI=1S/C19H22BrNO2/c1-14(2)23-19(22)18(12-15-8-10-17(20)11-9-15)21-13-16-6-4-3-5-7-16/h3-11,14,18,21H,12-13H2,1-2H3. The van der Waals surface area contributed by atoms with Gasteiger partial charge in [0.1, 0.15) is 6.04 Å². The van der Waals surface area contributed by atoms with E-state index in [1.165, 1.54) is 0 Å². The largest absolute Gasteiger partial charge is 0.462 e. The first kappa shape index (κ1) is 17.7. The number of ether oxygens (including phenoxy) is 1. The maximum absolute atomic E-state index is 12.4. The molecule has 0 heterocycles. The lowest BCUT2D eigenvalue weighted by molar-refractivity contribution is -0.150. The molecule has 3 nitrogen and oxygen atoms in total. The Labute approximate surface area is 146 Å². The van der Waals surface area contributed by atoms with Gasteiger partial charge in [0, 0.05) is 11.0 Å². The van der Waals surface area contributed by atoms with E-state index in [9.17, 15) is 4.79 Å². The Kier molecular flexibility index (Phi) is 6.81. The number of halogens is 1. The first-order chi connectivity index (χ1) is 11.0. The van der Waals surface area contributed by atoms with Crippen LogP contribution in [0.25, 0.3) is 0 Å². The molecule has 0 bridgehead atoms. The molecule has 0 saturated carbocycles. The highest BCUT2D eigenvalue weighted by molar-refractivity contribution is 9.10. The minimum absolute atomic E-state index is 0.117. The van der Waals surface area contributed by atoms with Crippen LogP contribution in [0.2, 0.25) is 0 Å². The van der Waals surface area contributed by atoms with Crippen LogP contribution in [0, 0.1) is 0 Å². The Morgan fingerprint density at radius 3 is 2.30 bits per heavy atom. The van der Waals surface area contributed by atoms with Gasteiger partial charge in [-0.1, -0.05) is 58.4 Å². The van der Waals surface area contributed by atoms with E-state index in [1.807, 2.05) is 68.4 Å². The first-order valence-corrected chi connectivity index (χ1v) is 8.56. The summed E-state index contributed by atoms with van der Waals surface area (Å²) in [6.07, 6.45) is 0.486. The summed E-state index contributed by atoms with van der Waals surface area (Å²) in [5.41, 5.74) is 2.24. The minimum atomic E-state index is -0.362. The molecule has 1 N–H and O–H groups in total. The number of hydrogen-bond acceptors (Lipinski definition) is 3.